The summed E-state index contributed by atoms with van der Waals surface area (Å²) in [6.45, 7) is 64.8. The zero-order chi connectivity index (χ0) is 92.0. The van der Waals surface area contributed by atoms with Crippen LogP contribution in [0, 0.1) is 21.7 Å². The molecule has 2 saturated carbocycles. The van der Waals surface area contributed by atoms with Crippen LogP contribution in [0.3, 0.4) is 0 Å². The highest BCUT2D eigenvalue weighted by atomic mass is 28.5. The Labute approximate surface area is 772 Å². The normalized spacial score (nSPS) is 16.9. The van der Waals surface area contributed by atoms with E-state index < -0.39 is 95.9 Å². The third-order valence-electron chi connectivity index (χ3n) is 19.3. The molecule has 4 atom stereocenters. The maximum absolute atomic E-state index is 12.8. The molecule has 2 aliphatic carbocycles. The molecule has 0 aromatic rings. The fourth-order valence-corrected chi connectivity index (χ4v) is 36.2. The van der Waals surface area contributed by atoms with E-state index in [1.54, 1.807) is 27.7 Å². The van der Waals surface area contributed by atoms with Gasteiger partial charge in [-0.1, -0.05) is 132 Å². The van der Waals surface area contributed by atoms with Gasteiger partial charge in [0.05, 0.1) is 54.0 Å². The van der Waals surface area contributed by atoms with E-state index >= 15 is 0 Å². The van der Waals surface area contributed by atoms with E-state index in [4.69, 9.17) is 74.2 Å². The molecular formula is C90H180N6O26Si5. The SMILES string of the molecule is C.C.C.C.C.C.C=C(C)C(=O)OCCNC(=O)OCCOCCC[Si](C)(C)O[Si](C)(C)O[Si](C)(C)CCCOCCOC(=O)NCCOC(=O)C(=C)C.C=C(C)C(=O)OCCOC(=O)NCC1(C)CC(NC(=O)OCCOCCC[Si](C)(C)OC(C)(C)C[Si](C)(C)CCCOCCOC(=O)NC2CC(C)(C)CC(C)(CNC(=O)CCOC(=O)C(=C)C)C2)CC(C)(C)C1. The second kappa shape index (κ2) is 65.1. The van der Waals surface area contributed by atoms with Crippen LogP contribution in [-0.2, 0) is 98.2 Å². The number of rotatable bonds is 58. The Bertz CT molecular complexity index is 3210. The van der Waals surface area contributed by atoms with Gasteiger partial charge in [-0.25, -0.2) is 43.2 Å². The fourth-order valence-electron chi connectivity index (χ4n) is 15.8. The van der Waals surface area contributed by atoms with Crippen molar-refractivity contribution in [3.05, 3.63) is 48.6 Å². The Morgan fingerprint density at radius 2 is 0.646 bits per heavy atom. The summed E-state index contributed by atoms with van der Waals surface area (Å²) in [5.41, 5.74) is 0.245. The van der Waals surface area contributed by atoms with E-state index in [0.29, 0.717) is 82.3 Å². The van der Waals surface area contributed by atoms with Gasteiger partial charge in [0, 0.05) is 79.5 Å². The molecule has 6 amide bonds. The first-order valence-electron chi connectivity index (χ1n) is 42.6. The average Bonchev–Trinajstić information content (AvgIpc) is 0.801. The van der Waals surface area contributed by atoms with Crippen molar-refractivity contribution in [2.24, 2.45) is 21.7 Å². The van der Waals surface area contributed by atoms with E-state index in [9.17, 15) is 47.9 Å². The Morgan fingerprint density at radius 3 is 1.00 bits per heavy atom. The number of carbonyl (C=O) groups excluding carboxylic acids is 10. The number of nitrogens with one attached hydrogen (secondary N) is 6. The predicted octanol–water partition coefficient (Wildman–Crippen LogP) is 18.1. The van der Waals surface area contributed by atoms with Gasteiger partial charge in [0.15, 0.2) is 25.0 Å². The van der Waals surface area contributed by atoms with Gasteiger partial charge in [0.25, 0.3) is 0 Å². The minimum atomic E-state index is -2.36. The molecular weight excluding hydrogens is 1720 g/mol. The van der Waals surface area contributed by atoms with Crippen LogP contribution in [0.1, 0.15) is 198 Å². The van der Waals surface area contributed by atoms with Gasteiger partial charge in [-0.3, -0.25) is 4.79 Å². The summed E-state index contributed by atoms with van der Waals surface area (Å²) in [4.78, 5) is 119. The van der Waals surface area contributed by atoms with Gasteiger partial charge < -0.3 is 106 Å². The predicted molar refractivity (Wildman–Crippen MR) is 518 cm³/mol. The van der Waals surface area contributed by atoms with Crippen LogP contribution < -0.4 is 31.9 Å². The molecule has 6 N–H and O–H groups in total. The number of ether oxygens (including phenoxy) is 13. The van der Waals surface area contributed by atoms with Crippen LogP contribution in [0.25, 0.3) is 0 Å². The van der Waals surface area contributed by atoms with Crippen molar-refractivity contribution in [2.45, 2.75) is 312 Å². The van der Waals surface area contributed by atoms with Crippen LogP contribution in [0.15, 0.2) is 48.6 Å². The Balaban J connectivity index is -0.000000602. The van der Waals surface area contributed by atoms with E-state index in [-0.39, 0.29) is 188 Å². The first-order chi connectivity index (χ1) is 56.0. The van der Waals surface area contributed by atoms with Crippen molar-refractivity contribution < 1.29 is 122 Å². The van der Waals surface area contributed by atoms with E-state index in [2.05, 4.69) is 179 Å². The Morgan fingerprint density at radius 1 is 0.354 bits per heavy atom. The molecule has 127 heavy (non-hydrogen) atoms. The summed E-state index contributed by atoms with van der Waals surface area (Å²) in [6.07, 6.45) is 5.41. The molecule has 37 heteroatoms. The second-order valence-electron chi connectivity index (χ2n) is 37.8. The molecule has 0 radical (unpaired) electrons. The van der Waals surface area contributed by atoms with E-state index in [1.807, 2.05) is 0 Å². The third-order valence-corrected chi connectivity index (χ3v) is 37.0. The van der Waals surface area contributed by atoms with Crippen molar-refractivity contribution in [3.8, 4) is 0 Å². The first kappa shape index (κ1) is 131. The van der Waals surface area contributed by atoms with Gasteiger partial charge in [0.1, 0.15) is 59.5 Å². The topological polar surface area (TPSA) is 391 Å². The van der Waals surface area contributed by atoms with Crippen molar-refractivity contribution >= 4 is 102 Å². The lowest BCUT2D eigenvalue weighted by molar-refractivity contribution is -0.141. The number of hydrogen-bond donors (Lipinski definition) is 6. The molecule has 0 aromatic carbocycles. The lowest BCUT2D eigenvalue weighted by Crippen LogP contribution is -2.52. The molecule has 4 unspecified atom stereocenters. The van der Waals surface area contributed by atoms with Crippen LogP contribution in [0.4, 0.5) is 24.0 Å². The third kappa shape index (κ3) is 67.3. The molecule has 32 nitrogen and oxygen atoms in total. The van der Waals surface area contributed by atoms with Crippen LogP contribution in [0.2, 0.25) is 95.7 Å². The van der Waals surface area contributed by atoms with Crippen LogP contribution >= 0.6 is 0 Å². The standard InChI is InChI=1S/C54H98N4O14Si2.C30H58N2O12Si3.6CH4/c1-40(2)45(60)67-22-19-44(59)55-37-53(11)33-42(31-50(5,6)35-53)57-48(63)70-25-23-65-20-17-29-73(13,14)39-52(9,10)72-74(15,16)30-18-21-66-24-26-71-49(64)58-43-32-51(7,8)36-54(12,34-43)38-56-47(62)69-28-27-68-46(61)41(3)4;1-25(2)27(33)39-17-13-31-29(35)41-21-19-37-15-11-23-45(5,6)43-47(9,10)44-46(7,8)24-12-16-38-20-22-42-30(36)32-14-18-40-28(34)26(3)4;;;;;;/h42-43H,1,3,17-39H2,2,4-16H3,(H,55,59)(H,56,62)(H,57,63)(H,58,64);1,3,11-24H2,2,4-10H3,(H,31,35)(H,32,36);6*1H4. The van der Waals surface area contributed by atoms with Crippen LogP contribution in [0.5, 0.6) is 0 Å². The van der Waals surface area contributed by atoms with E-state index in [0.717, 1.165) is 81.6 Å². The Kier molecular flexibility index (Phi) is 67.3. The maximum atomic E-state index is 12.8. The summed E-state index contributed by atoms with van der Waals surface area (Å²) >= 11 is 0. The molecule has 2 fully saturated rings. The molecule has 0 aliphatic heterocycles. The van der Waals surface area contributed by atoms with Gasteiger partial charge in [0.2, 0.25) is 5.91 Å². The molecule has 0 aromatic heterocycles. The largest absolute Gasteiger partial charge is 0.462 e. The highest BCUT2D eigenvalue weighted by molar-refractivity contribution is 6.87. The molecule has 746 valence electrons. The van der Waals surface area contributed by atoms with Crippen LogP contribution in [-0.4, -0.2) is 258 Å². The number of carbonyl (C=O) groups is 10. The molecule has 2 rings (SSSR count). The highest BCUT2D eigenvalue weighted by Gasteiger charge is 2.45. The van der Waals surface area contributed by atoms with Crippen molar-refractivity contribution in [1.29, 1.82) is 0 Å². The van der Waals surface area contributed by atoms with Crippen molar-refractivity contribution in [2.75, 3.05) is 138 Å². The number of amides is 6. The second-order valence-corrected chi connectivity index (χ2v) is 59.7. The molecule has 0 bridgehead atoms. The highest BCUT2D eigenvalue weighted by Crippen LogP contribution is 2.47. The van der Waals surface area contributed by atoms with Gasteiger partial charge in [-0.15, -0.1) is 0 Å². The summed E-state index contributed by atoms with van der Waals surface area (Å²) < 4.78 is 89.1. The lowest BCUT2D eigenvalue weighted by atomic mass is 9.62. The Hall–Kier alpha value is -6.54. The number of hydrogen-bond acceptors (Lipinski definition) is 26. The molecule has 2 aliphatic rings. The zero-order valence-electron chi connectivity index (χ0n) is 77.8. The summed E-state index contributed by atoms with van der Waals surface area (Å²) in [6, 6.07) is 4.64. The number of alkyl carbamates (subject to hydrolysis) is 5. The summed E-state index contributed by atoms with van der Waals surface area (Å²) in [5, 5.41) is 16.9. The molecule has 0 saturated heterocycles. The van der Waals surface area contributed by atoms with Gasteiger partial charge in [-0.2, -0.15) is 0 Å². The smallest absolute Gasteiger partial charge is 0.407 e. The quantitative estimate of drug-likeness (QED) is 0.0108. The lowest BCUT2D eigenvalue weighted by Gasteiger charge is -2.46. The maximum Gasteiger partial charge on any atom is 0.407 e. The molecule has 0 spiro atoms. The minimum absolute atomic E-state index is 0. The minimum Gasteiger partial charge on any atom is -0.462 e. The first-order valence-corrected chi connectivity index (χ1v) is 58.1. The monoisotopic (exact) mass is 1900 g/mol. The summed E-state index contributed by atoms with van der Waals surface area (Å²) in [5.74, 6) is -2.24. The van der Waals surface area contributed by atoms with Gasteiger partial charge in [-0.05, 0) is 204 Å². The summed E-state index contributed by atoms with van der Waals surface area (Å²) in [7, 11) is -10.0. The average molecular weight is 1900 g/mol. The zero-order valence-corrected chi connectivity index (χ0v) is 82.8. The van der Waals surface area contributed by atoms with Crippen molar-refractivity contribution in [3.63, 3.8) is 0 Å². The van der Waals surface area contributed by atoms with Crippen molar-refractivity contribution in [1.82, 2.24) is 31.9 Å². The molecule has 0 heterocycles. The van der Waals surface area contributed by atoms with Gasteiger partial charge >= 0.3 is 62.9 Å². The number of esters is 4. The van der Waals surface area contributed by atoms with E-state index in [1.165, 1.54) is 0 Å². The fraction of sp³-hybridized carbons (Fsp3) is 0.800.